The molecule has 102 valence electrons. The Hall–Kier alpha value is -0.960. The third-order valence-electron chi connectivity index (χ3n) is 2.24. The largest absolute Gasteiger partial charge is 0.461 e. The van der Waals surface area contributed by atoms with Crippen LogP contribution in [0.4, 0.5) is 0 Å². The van der Waals surface area contributed by atoms with E-state index in [1.807, 2.05) is 0 Å². The van der Waals surface area contributed by atoms with Gasteiger partial charge in [0.2, 0.25) is 15.8 Å². The zero-order valence-corrected chi connectivity index (χ0v) is 12.8. The van der Waals surface area contributed by atoms with Gasteiger partial charge in [0.05, 0.1) is 11.1 Å². The Kier molecular flexibility index (Phi) is 4.56. The van der Waals surface area contributed by atoms with E-state index in [9.17, 15) is 13.2 Å². The first-order valence-corrected chi connectivity index (χ1v) is 8.81. The van der Waals surface area contributed by atoms with E-state index in [1.54, 1.807) is 24.3 Å². The predicted molar refractivity (Wildman–Crippen MR) is 76.0 cm³/mol. The first-order chi connectivity index (χ1) is 9.02. The Labute approximate surface area is 122 Å². The molecule has 0 fully saturated rings. The molecule has 0 atom stereocenters. The van der Waals surface area contributed by atoms with Crippen LogP contribution in [0, 0.1) is 0 Å². The van der Waals surface area contributed by atoms with Gasteiger partial charge in [-0.1, -0.05) is 15.9 Å². The summed E-state index contributed by atoms with van der Waals surface area (Å²) in [5.74, 6) is 0.0686. The molecule has 2 heterocycles. The third kappa shape index (κ3) is 3.75. The second-order valence-corrected chi connectivity index (χ2v) is 7.90. The van der Waals surface area contributed by atoms with Crippen LogP contribution >= 0.6 is 27.3 Å². The number of thiophene rings is 1. The molecule has 2 rings (SSSR count). The van der Waals surface area contributed by atoms with Crippen molar-refractivity contribution < 1.29 is 17.6 Å². The Morgan fingerprint density at radius 1 is 1.37 bits per heavy atom. The number of sulfonamides is 1. The van der Waals surface area contributed by atoms with E-state index in [0.29, 0.717) is 4.88 Å². The summed E-state index contributed by atoms with van der Waals surface area (Å²) in [5.41, 5.74) is 0. The Morgan fingerprint density at radius 3 is 2.79 bits per heavy atom. The Morgan fingerprint density at radius 2 is 2.16 bits per heavy atom. The van der Waals surface area contributed by atoms with Gasteiger partial charge in [0.1, 0.15) is 4.66 Å². The number of alkyl halides is 1. The van der Waals surface area contributed by atoms with Gasteiger partial charge < -0.3 is 4.42 Å². The van der Waals surface area contributed by atoms with Crippen molar-refractivity contribution in [3.8, 4) is 0 Å². The van der Waals surface area contributed by atoms with Crippen LogP contribution in [0.5, 0.6) is 0 Å². The minimum absolute atomic E-state index is 0.149. The molecule has 5 nitrogen and oxygen atoms in total. The number of carbonyl (C=O) groups is 1. The van der Waals surface area contributed by atoms with Crippen molar-refractivity contribution in [2.45, 2.75) is 6.54 Å². The molecule has 8 heteroatoms. The molecule has 2 aromatic rings. The van der Waals surface area contributed by atoms with Gasteiger partial charge in [-0.3, -0.25) is 4.79 Å². The number of hydrogen-bond acceptors (Lipinski definition) is 5. The van der Waals surface area contributed by atoms with Crippen LogP contribution in [0.3, 0.4) is 0 Å². The van der Waals surface area contributed by atoms with E-state index in [0.717, 1.165) is 4.88 Å². The van der Waals surface area contributed by atoms with Gasteiger partial charge in [0.15, 0.2) is 5.76 Å². The van der Waals surface area contributed by atoms with Crippen molar-refractivity contribution in [1.82, 2.24) is 4.72 Å². The number of furan rings is 1. The Bertz CT molecular complexity index is 661. The maximum Gasteiger partial charge on any atom is 0.238 e. The lowest BCUT2D eigenvalue weighted by molar-refractivity contribution is 0.101. The molecular formula is C11H10BrNO4S2. The van der Waals surface area contributed by atoms with E-state index in [4.69, 9.17) is 4.42 Å². The van der Waals surface area contributed by atoms with E-state index in [2.05, 4.69) is 20.7 Å². The molecule has 0 aliphatic carbocycles. The van der Waals surface area contributed by atoms with Crippen molar-refractivity contribution >= 4 is 43.1 Å². The van der Waals surface area contributed by atoms with Crippen molar-refractivity contribution in [2.24, 2.45) is 0 Å². The minimum Gasteiger partial charge on any atom is -0.461 e. The molecule has 0 spiro atoms. The van der Waals surface area contributed by atoms with Gasteiger partial charge in [-0.05, 0) is 24.3 Å². The lowest BCUT2D eigenvalue weighted by atomic mass is 10.2. The number of ketones is 1. The van der Waals surface area contributed by atoms with E-state index >= 15 is 0 Å². The number of halogens is 1. The summed E-state index contributed by atoms with van der Waals surface area (Å²) in [6.07, 6.45) is 1.44. The van der Waals surface area contributed by atoms with Crippen molar-refractivity contribution in [3.63, 3.8) is 0 Å². The molecule has 0 bridgehead atoms. The lowest BCUT2D eigenvalue weighted by Gasteiger charge is -2.00. The number of hydrogen-bond donors (Lipinski definition) is 1. The maximum atomic E-state index is 11.9. The van der Waals surface area contributed by atoms with E-state index < -0.39 is 10.0 Å². The van der Waals surface area contributed by atoms with Crippen LogP contribution in [0.1, 0.15) is 20.3 Å². The summed E-state index contributed by atoms with van der Waals surface area (Å²) in [6, 6.07) is 6.62. The normalized spacial score (nSPS) is 11.6. The molecule has 0 aliphatic rings. The fourth-order valence-corrected chi connectivity index (χ4v) is 3.27. The highest BCUT2D eigenvalue weighted by atomic mass is 79.9. The van der Waals surface area contributed by atoms with Crippen LogP contribution in [-0.2, 0) is 16.6 Å². The summed E-state index contributed by atoms with van der Waals surface area (Å²) in [4.78, 5) is 13.2. The highest BCUT2D eigenvalue weighted by Crippen LogP contribution is 2.20. The standard InChI is InChI=1S/C11H10BrNO4S2/c12-7-19(15,16)13-6-8-3-4-10(18-8)11(14)9-2-1-5-17-9/h1-5,13H,6-7H2. The molecule has 0 saturated heterocycles. The second-order valence-electron chi connectivity index (χ2n) is 3.62. The SMILES string of the molecule is O=C(c1ccco1)c1ccc(CNS(=O)(=O)CBr)s1. The van der Waals surface area contributed by atoms with Crippen molar-refractivity contribution in [3.05, 3.63) is 46.0 Å². The average Bonchev–Trinajstić information content (AvgIpc) is 3.07. The van der Waals surface area contributed by atoms with Crippen molar-refractivity contribution in [2.75, 3.05) is 4.66 Å². The Balaban J connectivity index is 2.06. The zero-order chi connectivity index (χ0) is 13.9. The number of carbonyl (C=O) groups excluding carboxylic acids is 1. The fourth-order valence-electron chi connectivity index (χ4n) is 1.34. The molecule has 0 aromatic carbocycles. The monoisotopic (exact) mass is 363 g/mol. The lowest BCUT2D eigenvalue weighted by Crippen LogP contribution is -2.23. The first kappa shape index (κ1) is 14.4. The van der Waals surface area contributed by atoms with Crippen LogP contribution in [0.2, 0.25) is 0 Å². The molecule has 0 unspecified atom stereocenters. The highest BCUT2D eigenvalue weighted by molar-refractivity contribution is 9.10. The zero-order valence-electron chi connectivity index (χ0n) is 9.63. The van der Waals surface area contributed by atoms with E-state index in [1.165, 1.54) is 17.6 Å². The average molecular weight is 364 g/mol. The summed E-state index contributed by atoms with van der Waals surface area (Å²) in [6.45, 7) is 0.171. The topological polar surface area (TPSA) is 76.4 Å². The molecule has 2 aromatic heterocycles. The van der Waals surface area contributed by atoms with Gasteiger partial charge in [-0.2, -0.15) is 0 Å². The van der Waals surface area contributed by atoms with Gasteiger partial charge in [0, 0.05) is 11.4 Å². The van der Waals surface area contributed by atoms with Gasteiger partial charge in [0.25, 0.3) is 0 Å². The van der Waals surface area contributed by atoms with Crippen LogP contribution in [0.15, 0.2) is 34.9 Å². The van der Waals surface area contributed by atoms with Gasteiger partial charge in [-0.15, -0.1) is 11.3 Å². The van der Waals surface area contributed by atoms with Gasteiger partial charge in [-0.25, -0.2) is 13.1 Å². The van der Waals surface area contributed by atoms with Crippen LogP contribution in [-0.4, -0.2) is 18.9 Å². The van der Waals surface area contributed by atoms with Gasteiger partial charge >= 0.3 is 0 Å². The second kappa shape index (κ2) is 6.00. The molecule has 0 amide bonds. The fraction of sp³-hybridized carbons (Fsp3) is 0.182. The minimum atomic E-state index is -3.30. The molecule has 0 saturated carbocycles. The van der Waals surface area contributed by atoms with E-state index in [-0.39, 0.29) is 22.8 Å². The smallest absolute Gasteiger partial charge is 0.238 e. The third-order valence-corrected chi connectivity index (χ3v) is 6.00. The summed E-state index contributed by atoms with van der Waals surface area (Å²) >= 11 is 4.12. The molecule has 19 heavy (non-hydrogen) atoms. The number of rotatable bonds is 6. The predicted octanol–water partition coefficient (Wildman–Crippen LogP) is 2.34. The summed E-state index contributed by atoms with van der Waals surface area (Å²) < 4.78 is 29.8. The van der Waals surface area contributed by atoms with Crippen molar-refractivity contribution in [1.29, 1.82) is 0 Å². The van der Waals surface area contributed by atoms with Crippen LogP contribution < -0.4 is 4.72 Å². The molecule has 0 aliphatic heterocycles. The van der Waals surface area contributed by atoms with Crippen LogP contribution in [0.25, 0.3) is 0 Å². The highest BCUT2D eigenvalue weighted by Gasteiger charge is 2.15. The quantitative estimate of drug-likeness (QED) is 0.631. The maximum absolute atomic E-state index is 11.9. The molecule has 1 N–H and O–H groups in total. The first-order valence-electron chi connectivity index (χ1n) is 5.22. The number of nitrogens with one attached hydrogen (secondary N) is 1. The summed E-state index contributed by atoms with van der Waals surface area (Å²) in [5, 5.41) is 0. The molecular weight excluding hydrogens is 354 g/mol. The molecule has 0 radical (unpaired) electrons. The summed E-state index contributed by atoms with van der Waals surface area (Å²) in [7, 11) is -3.30.